The van der Waals surface area contributed by atoms with E-state index >= 15 is 0 Å². The van der Waals surface area contributed by atoms with Gasteiger partial charge in [0.15, 0.2) is 0 Å². The Hall–Kier alpha value is -1.71. The zero-order valence-corrected chi connectivity index (χ0v) is 7.50. The largest absolute Gasteiger partial charge is 0.507 e. The van der Waals surface area contributed by atoms with E-state index in [4.69, 9.17) is 5.73 Å². The van der Waals surface area contributed by atoms with E-state index in [9.17, 15) is 9.90 Å². The summed E-state index contributed by atoms with van der Waals surface area (Å²) in [5.74, 6) is -0.706. The summed E-state index contributed by atoms with van der Waals surface area (Å²) in [7, 11) is 1.25. The molecule has 0 saturated carbocycles. The van der Waals surface area contributed by atoms with Gasteiger partial charge >= 0.3 is 5.97 Å². The third-order valence-corrected chi connectivity index (χ3v) is 1.79. The molecule has 0 amide bonds. The molecule has 0 unspecified atom stereocenters. The fraction of sp³-hybridized carbons (Fsp3) is 0.222. The molecule has 0 aromatic heterocycles. The molecule has 0 saturated heterocycles. The molecular weight excluding hydrogens is 170 g/mol. The number of hydrogen-bond donors (Lipinski definition) is 2. The van der Waals surface area contributed by atoms with Crippen molar-refractivity contribution in [2.45, 2.75) is 6.92 Å². The first kappa shape index (κ1) is 9.38. The summed E-state index contributed by atoms with van der Waals surface area (Å²) in [4.78, 5) is 11.1. The lowest BCUT2D eigenvalue weighted by Gasteiger charge is -2.05. The van der Waals surface area contributed by atoms with Crippen molar-refractivity contribution in [1.29, 1.82) is 0 Å². The van der Waals surface area contributed by atoms with Gasteiger partial charge in [0.1, 0.15) is 11.3 Å². The smallest absolute Gasteiger partial charge is 0.341 e. The number of phenols is 1. The summed E-state index contributed by atoms with van der Waals surface area (Å²) >= 11 is 0. The van der Waals surface area contributed by atoms with Crippen LogP contribution >= 0.6 is 0 Å². The van der Waals surface area contributed by atoms with Gasteiger partial charge in [-0.25, -0.2) is 4.79 Å². The number of hydrogen-bond acceptors (Lipinski definition) is 4. The maximum Gasteiger partial charge on any atom is 0.341 e. The van der Waals surface area contributed by atoms with E-state index in [0.29, 0.717) is 5.69 Å². The summed E-state index contributed by atoms with van der Waals surface area (Å²) in [6.45, 7) is 1.75. The molecule has 0 radical (unpaired) electrons. The van der Waals surface area contributed by atoms with E-state index in [1.54, 1.807) is 6.92 Å². The zero-order chi connectivity index (χ0) is 10.0. The maximum atomic E-state index is 11.1. The van der Waals surface area contributed by atoms with E-state index in [2.05, 4.69) is 4.74 Å². The lowest BCUT2D eigenvalue weighted by atomic mass is 10.1. The van der Waals surface area contributed by atoms with E-state index < -0.39 is 5.97 Å². The second kappa shape index (κ2) is 3.35. The van der Waals surface area contributed by atoms with Crippen LogP contribution in [0, 0.1) is 6.92 Å². The molecule has 0 atom stereocenters. The van der Waals surface area contributed by atoms with Gasteiger partial charge in [0.25, 0.3) is 0 Å². The fourth-order valence-corrected chi connectivity index (χ4v) is 0.983. The minimum Gasteiger partial charge on any atom is -0.507 e. The lowest BCUT2D eigenvalue weighted by molar-refractivity contribution is 0.0597. The normalized spacial score (nSPS) is 9.69. The molecule has 0 aliphatic carbocycles. The molecule has 0 aliphatic rings. The molecule has 4 heteroatoms. The molecule has 0 heterocycles. The molecule has 0 fully saturated rings. The predicted octanol–water partition coefficient (Wildman–Crippen LogP) is 1.07. The summed E-state index contributed by atoms with van der Waals surface area (Å²) in [5.41, 5.74) is 6.84. The molecule has 3 N–H and O–H groups in total. The Morgan fingerprint density at radius 1 is 1.54 bits per heavy atom. The van der Waals surface area contributed by atoms with Crippen molar-refractivity contribution in [2.24, 2.45) is 0 Å². The number of ether oxygens (including phenoxy) is 1. The van der Waals surface area contributed by atoms with Crippen LogP contribution in [0.1, 0.15) is 15.9 Å². The topological polar surface area (TPSA) is 72.5 Å². The second-order valence-corrected chi connectivity index (χ2v) is 2.72. The Morgan fingerprint density at radius 3 is 2.69 bits per heavy atom. The number of benzene rings is 1. The molecule has 1 rings (SSSR count). The number of phenolic OH excluding ortho intramolecular Hbond substituents is 1. The van der Waals surface area contributed by atoms with Crippen molar-refractivity contribution in [3.63, 3.8) is 0 Å². The maximum absolute atomic E-state index is 11.1. The quantitative estimate of drug-likeness (QED) is 0.386. The van der Waals surface area contributed by atoms with Gasteiger partial charge in [-0.3, -0.25) is 0 Å². The number of methoxy groups -OCH3 is 1. The number of nitrogens with two attached hydrogens (primary N) is 1. The Bertz CT molecular complexity index is 347. The van der Waals surface area contributed by atoms with Crippen molar-refractivity contribution in [1.82, 2.24) is 0 Å². The molecule has 4 nitrogen and oxygen atoms in total. The number of carbonyl (C=O) groups is 1. The lowest BCUT2D eigenvalue weighted by Crippen LogP contribution is -2.03. The SMILES string of the molecule is COC(=O)c1cc(N)c(C)cc1O. The first-order chi connectivity index (χ1) is 6.06. The van der Waals surface area contributed by atoms with Gasteiger partial charge in [-0.2, -0.15) is 0 Å². The minimum atomic E-state index is -0.593. The Labute approximate surface area is 75.9 Å². The third-order valence-electron chi connectivity index (χ3n) is 1.79. The Balaban J connectivity index is 3.23. The van der Waals surface area contributed by atoms with Crippen LogP contribution in [-0.2, 0) is 4.74 Å². The van der Waals surface area contributed by atoms with Crippen LogP contribution in [0.5, 0.6) is 5.75 Å². The number of anilines is 1. The number of rotatable bonds is 1. The number of carbonyl (C=O) groups excluding carboxylic acids is 1. The highest BCUT2D eigenvalue weighted by molar-refractivity contribution is 5.93. The first-order valence-electron chi connectivity index (χ1n) is 3.73. The van der Waals surface area contributed by atoms with Crippen LogP contribution in [0.3, 0.4) is 0 Å². The van der Waals surface area contributed by atoms with Crippen LogP contribution < -0.4 is 5.73 Å². The van der Waals surface area contributed by atoms with Crippen molar-refractivity contribution in [2.75, 3.05) is 12.8 Å². The van der Waals surface area contributed by atoms with Gasteiger partial charge in [0.2, 0.25) is 0 Å². The van der Waals surface area contributed by atoms with E-state index in [1.165, 1.54) is 19.2 Å². The van der Waals surface area contributed by atoms with Crippen LogP contribution in [0.4, 0.5) is 5.69 Å². The van der Waals surface area contributed by atoms with E-state index in [-0.39, 0.29) is 11.3 Å². The van der Waals surface area contributed by atoms with Gasteiger partial charge in [-0.1, -0.05) is 0 Å². The van der Waals surface area contributed by atoms with Gasteiger partial charge in [0.05, 0.1) is 7.11 Å². The summed E-state index contributed by atoms with van der Waals surface area (Å²) in [6.07, 6.45) is 0. The van der Waals surface area contributed by atoms with Gasteiger partial charge in [0, 0.05) is 5.69 Å². The van der Waals surface area contributed by atoms with Crippen molar-refractivity contribution < 1.29 is 14.6 Å². The highest BCUT2D eigenvalue weighted by Gasteiger charge is 2.12. The zero-order valence-electron chi connectivity index (χ0n) is 7.50. The summed E-state index contributed by atoms with van der Waals surface area (Å²) in [6, 6.07) is 2.83. The van der Waals surface area contributed by atoms with Crippen LogP contribution in [0.15, 0.2) is 12.1 Å². The highest BCUT2D eigenvalue weighted by atomic mass is 16.5. The van der Waals surface area contributed by atoms with Gasteiger partial charge in [-0.05, 0) is 24.6 Å². The minimum absolute atomic E-state index is 0.0885. The highest BCUT2D eigenvalue weighted by Crippen LogP contribution is 2.24. The number of aryl methyl sites for hydroxylation is 1. The van der Waals surface area contributed by atoms with Crippen LogP contribution in [-0.4, -0.2) is 18.2 Å². The molecule has 1 aromatic rings. The summed E-state index contributed by atoms with van der Waals surface area (Å²) < 4.78 is 4.46. The van der Waals surface area contributed by atoms with Gasteiger partial charge < -0.3 is 15.6 Å². The molecule has 0 aliphatic heterocycles. The summed E-state index contributed by atoms with van der Waals surface area (Å²) in [5, 5.41) is 9.36. The Kier molecular flexibility index (Phi) is 2.41. The average molecular weight is 181 g/mol. The fourth-order valence-electron chi connectivity index (χ4n) is 0.983. The first-order valence-corrected chi connectivity index (χ1v) is 3.73. The number of nitrogen functional groups attached to an aromatic ring is 1. The second-order valence-electron chi connectivity index (χ2n) is 2.72. The molecule has 0 spiro atoms. The number of aromatic hydroxyl groups is 1. The molecule has 70 valence electrons. The average Bonchev–Trinajstić information content (AvgIpc) is 2.10. The molecule has 0 bridgehead atoms. The van der Waals surface area contributed by atoms with Gasteiger partial charge in [-0.15, -0.1) is 0 Å². The standard InChI is InChI=1S/C9H11NO3/c1-5-3-8(11)6(4-7(5)10)9(12)13-2/h3-4,11H,10H2,1-2H3. The van der Waals surface area contributed by atoms with Crippen molar-refractivity contribution in [3.8, 4) is 5.75 Å². The third kappa shape index (κ3) is 1.72. The number of esters is 1. The van der Waals surface area contributed by atoms with Crippen LogP contribution in [0.2, 0.25) is 0 Å². The monoisotopic (exact) mass is 181 g/mol. The van der Waals surface area contributed by atoms with Crippen molar-refractivity contribution in [3.05, 3.63) is 23.3 Å². The Morgan fingerprint density at radius 2 is 2.15 bits per heavy atom. The van der Waals surface area contributed by atoms with Crippen molar-refractivity contribution >= 4 is 11.7 Å². The van der Waals surface area contributed by atoms with E-state index in [1.807, 2.05) is 0 Å². The molecular formula is C9H11NO3. The van der Waals surface area contributed by atoms with Crippen LogP contribution in [0.25, 0.3) is 0 Å². The molecule has 13 heavy (non-hydrogen) atoms. The molecule has 1 aromatic carbocycles. The predicted molar refractivity (Wildman–Crippen MR) is 48.6 cm³/mol. The van der Waals surface area contributed by atoms with E-state index in [0.717, 1.165) is 5.56 Å².